The molecule has 0 aliphatic carbocycles. The smallest absolute Gasteiger partial charge is 0.244 e. The van der Waals surface area contributed by atoms with E-state index in [9.17, 15) is 9.90 Å². The van der Waals surface area contributed by atoms with Crippen molar-refractivity contribution in [2.24, 2.45) is 7.05 Å². The number of rotatable bonds is 5. The number of hydrogen-bond acceptors (Lipinski definition) is 3. The van der Waals surface area contributed by atoms with Crippen molar-refractivity contribution in [3.05, 3.63) is 59.9 Å². The van der Waals surface area contributed by atoms with Crippen LogP contribution >= 0.6 is 0 Å². The Morgan fingerprint density at radius 1 is 1.40 bits per heavy atom. The molecule has 0 aliphatic heterocycles. The number of aliphatic hydroxyl groups excluding tert-OH is 1. The van der Waals surface area contributed by atoms with Crippen LogP contribution in [-0.2, 0) is 11.8 Å². The van der Waals surface area contributed by atoms with Crippen molar-refractivity contribution in [3.8, 4) is 0 Å². The first-order valence-electron chi connectivity index (χ1n) is 6.33. The van der Waals surface area contributed by atoms with Crippen LogP contribution in [0.3, 0.4) is 0 Å². The highest BCUT2D eigenvalue weighted by molar-refractivity contribution is 5.91. The van der Waals surface area contributed by atoms with Crippen LogP contribution in [0.15, 0.2) is 48.7 Å². The molecule has 1 amide bonds. The lowest BCUT2D eigenvalue weighted by Gasteiger charge is -2.15. The van der Waals surface area contributed by atoms with Crippen LogP contribution in [0.25, 0.3) is 6.08 Å². The number of carbonyl (C=O) groups is 1. The molecule has 5 nitrogen and oxygen atoms in total. The second-order valence-electron chi connectivity index (χ2n) is 4.37. The highest BCUT2D eigenvalue weighted by Gasteiger charge is 2.11. The van der Waals surface area contributed by atoms with Crippen molar-refractivity contribution in [2.45, 2.75) is 6.04 Å². The third-order valence-corrected chi connectivity index (χ3v) is 2.97. The summed E-state index contributed by atoms with van der Waals surface area (Å²) in [4.78, 5) is 11.9. The molecule has 0 aliphatic rings. The van der Waals surface area contributed by atoms with E-state index in [1.807, 2.05) is 36.4 Å². The van der Waals surface area contributed by atoms with Gasteiger partial charge in [-0.1, -0.05) is 30.3 Å². The first-order chi connectivity index (χ1) is 9.70. The number of amides is 1. The summed E-state index contributed by atoms with van der Waals surface area (Å²) in [6.45, 7) is -0.144. The van der Waals surface area contributed by atoms with Gasteiger partial charge in [-0.05, 0) is 17.7 Å². The van der Waals surface area contributed by atoms with Gasteiger partial charge in [-0.2, -0.15) is 5.10 Å². The van der Waals surface area contributed by atoms with Crippen molar-refractivity contribution in [1.82, 2.24) is 15.1 Å². The fourth-order valence-corrected chi connectivity index (χ4v) is 1.85. The quantitative estimate of drug-likeness (QED) is 0.805. The predicted octanol–water partition coefficient (Wildman–Crippen LogP) is 1.28. The summed E-state index contributed by atoms with van der Waals surface area (Å²) in [5.74, 6) is -0.255. The Bertz CT molecular complexity index is 590. The van der Waals surface area contributed by atoms with Gasteiger partial charge in [0, 0.05) is 19.3 Å². The van der Waals surface area contributed by atoms with Crippen LogP contribution in [0.5, 0.6) is 0 Å². The van der Waals surface area contributed by atoms with Crippen LogP contribution in [0.2, 0.25) is 0 Å². The number of carbonyl (C=O) groups excluding carboxylic acids is 1. The van der Waals surface area contributed by atoms with Crippen molar-refractivity contribution in [3.63, 3.8) is 0 Å². The highest BCUT2D eigenvalue weighted by atomic mass is 16.3. The lowest BCUT2D eigenvalue weighted by atomic mass is 10.1. The molecule has 0 unspecified atom stereocenters. The summed E-state index contributed by atoms with van der Waals surface area (Å²) in [6.07, 6.45) is 4.78. The number of aromatic nitrogens is 2. The summed E-state index contributed by atoms with van der Waals surface area (Å²) in [5, 5.41) is 16.1. The maximum atomic E-state index is 11.9. The SMILES string of the molecule is Cn1nccc1/C=C/C(=O)N[C@H](CO)c1ccccc1. The third-order valence-electron chi connectivity index (χ3n) is 2.97. The van der Waals surface area contributed by atoms with E-state index in [1.54, 1.807) is 24.0 Å². The molecule has 2 N–H and O–H groups in total. The van der Waals surface area contributed by atoms with Gasteiger partial charge >= 0.3 is 0 Å². The first kappa shape index (κ1) is 14.0. The fourth-order valence-electron chi connectivity index (χ4n) is 1.85. The van der Waals surface area contributed by atoms with Crippen LogP contribution < -0.4 is 5.32 Å². The van der Waals surface area contributed by atoms with Gasteiger partial charge in [0.25, 0.3) is 0 Å². The Morgan fingerprint density at radius 3 is 2.75 bits per heavy atom. The van der Waals surface area contributed by atoms with Gasteiger partial charge in [-0.3, -0.25) is 9.48 Å². The van der Waals surface area contributed by atoms with Crippen LogP contribution in [0.1, 0.15) is 17.3 Å². The molecule has 5 heteroatoms. The lowest BCUT2D eigenvalue weighted by Crippen LogP contribution is -2.29. The summed E-state index contributed by atoms with van der Waals surface area (Å²) < 4.78 is 1.67. The summed E-state index contributed by atoms with van der Waals surface area (Å²) in [7, 11) is 1.80. The van der Waals surface area contributed by atoms with Gasteiger partial charge in [-0.25, -0.2) is 0 Å². The van der Waals surface area contributed by atoms with Crippen LogP contribution in [0, 0.1) is 0 Å². The number of aryl methyl sites for hydroxylation is 1. The predicted molar refractivity (Wildman–Crippen MR) is 76.7 cm³/mol. The molecule has 20 heavy (non-hydrogen) atoms. The Hall–Kier alpha value is -2.40. The monoisotopic (exact) mass is 271 g/mol. The largest absolute Gasteiger partial charge is 0.394 e. The minimum Gasteiger partial charge on any atom is -0.394 e. The molecule has 1 heterocycles. The molecule has 1 aromatic carbocycles. The van der Waals surface area contributed by atoms with Crippen molar-refractivity contribution < 1.29 is 9.90 Å². The summed E-state index contributed by atoms with van der Waals surface area (Å²) >= 11 is 0. The average molecular weight is 271 g/mol. The molecule has 1 aromatic heterocycles. The Labute approximate surface area is 117 Å². The second-order valence-corrected chi connectivity index (χ2v) is 4.37. The summed E-state index contributed by atoms with van der Waals surface area (Å²) in [6, 6.07) is 10.8. The van der Waals surface area contributed by atoms with E-state index in [4.69, 9.17) is 0 Å². The molecule has 0 bridgehead atoms. The van der Waals surface area contributed by atoms with Crippen molar-refractivity contribution >= 4 is 12.0 Å². The standard InChI is InChI=1S/C15H17N3O2/c1-18-13(9-10-16-18)7-8-15(20)17-14(11-19)12-5-3-2-4-6-12/h2-10,14,19H,11H2,1H3,(H,17,20)/b8-7+/t14-/m1/s1. The zero-order valence-corrected chi connectivity index (χ0v) is 11.2. The zero-order chi connectivity index (χ0) is 14.4. The molecule has 0 fully saturated rings. The van der Waals surface area contributed by atoms with E-state index in [1.165, 1.54) is 6.08 Å². The van der Waals surface area contributed by atoms with Crippen LogP contribution in [0.4, 0.5) is 0 Å². The number of nitrogens with one attached hydrogen (secondary N) is 1. The zero-order valence-electron chi connectivity index (χ0n) is 11.2. The van der Waals surface area contributed by atoms with Gasteiger partial charge in [0.05, 0.1) is 18.3 Å². The Balaban J connectivity index is 2.00. The van der Waals surface area contributed by atoms with Gasteiger partial charge in [0.15, 0.2) is 0 Å². The number of nitrogens with zero attached hydrogens (tertiary/aromatic N) is 2. The maximum Gasteiger partial charge on any atom is 0.244 e. The molecule has 0 spiro atoms. The van der Waals surface area contributed by atoms with Gasteiger partial charge in [0.1, 0.15) is 0 Å². The van der Waals surface area contributed by atoms with Gasteiger partial charge in [-0.15, -0.1) is 0 Å². The minimum atomic E-state index is -0.403. The van der Waals surface area contributed by atoms with E-state index >= 15 is 0 Å². The first-order valence-corrected chi connectivity index (χ1v) is 6.33. The molecular weight excluding hydrogens is 254 g/mol. The number of benzene rings is 1. The molecule has 0 radical (unpaired) electrons. The Morgan fingerprint density at radius 2 is 2.15 bits per heavy atom. The fraction of sp³-hybridized carbons (Fsp3) is 0.200. The van der Waals surface area contributed by atoms with Crippen LogP contribution in [-0.4, -0.2) is 27.4 Å². The van der Waals surface area contributed by atoms with E-state index in [-0.39, 0.29) is 12.5 Å². The topological polar surface area (TPSA) is 67.2 Å². The van der Waals surface area contributed by atoms with Crippen molar-refractivity contribution in [1.29, 1.82) is 0 Å². The maximum absolute atomic E-state index is 11.9. The molecule has 0 saturated heterocycles. The summed E-state index contributed by atoms with van der Waals surface area (Å²) in [5.41, 5.74) is 1.71. The second kappa shape index (κ2) is 6.68. The van der Waals surface area contributed by atoms with E-state index < -0.39 is 6.04 Å². The molecule has 2 rings (SSSR count). The lowest BCUT2D eigenvalue weighted by molar-refractivity contribution is -0.117. The molecule has 2 aromatic rings. The average Bonchev–Trinajstić information content (AvgIpc) is 2.89. The molecule has 104 valence electrons. The van der Waals surface area contributed by atoms with Gasteiger partial charge < -0.3 is 10.4 Å². The van der Waals surface area contributed by atoms with E-state index in [0.29, 0.717) is 0 Å². The highest BCUT2D eigenvalue weighted by Crippen LogP contribution is 2.11. The molecule has 1 atom stereocenters. The van der Waals surface area contributed by atoms with E-state index in [2.05, 4.69) is 10.4 Å². The van der Waals surface area contributed by atoms with Crippen molar-refractivity contribution in [2.75, 3.05) is 6.61 Å². The molecular formula is C15H17N3O2. The van der Waals surface area contributed by atoms with Gasteiger partial charge in [0.2, 0.25) is 5.91 Å². The third kappa shape index (κ3) is 3.55. The minimum absolute atomic E-state index is 0.144. The molecule has 0 saturated carbocycles. The number of aliphatic hydroxyl groups is 1. The number of hydrogen-bond donors (Lipinski definition) is 2. The normalized spacial score (nSPS) is 12.5. The Kier molecular flexibility index (Phi) is 4.68. The van der Waals surface area contributed by atoms with E-state index in [0.717, 1.165) is 11.3 Å².